The van der Waals surface area contributed by atoms with E-state index < -0.39 is 17.2 Å². The van der Waals surface area contributed by atoms with Crippen LogP contribution in [-0.2, 0) is 0 Å². The van der Waals surface area contributed by atoms with Gasteiger partial charge in [0.05, 0.1) is 16.6 Å². The molecule has 142 valence electrons. The van der Waals surface area contributed by atoms with Gasteiger partial charge in [-0.3, -0.25) is 9.69 Å². The lowest BCUT2D eigenvalue weighted by molar-refractivity contribution is 0.0695. The zero-order valence-electron chi connectivity index (χ0n) is 15.2. The first-order valence-corrected chi connectivity index (χ1v) is 9.56. The molecule has 1 N–H and O–H groups in total. The number of pyridine rings is 1. The van der Waals surface area contributed by atoms with Crippen molar-refractivity contribution in [3.05, 3.63) is 39.4 Å². The molecule has 2 unspecified atom stereocenters. The van der Waals surface area contributed by atoms with Gasteiger partial charge in [-0.05, 0) is 32.3 Å². The lowest BCUT2D eigenvalue weighted by atomic mass is 10.0. The molecule has 7 heteroatoms. The average Bonchev–Trinajstić information content (AvgIpc) is 3.41. The number of benzene rings is 1. The number of carbonyl (C=O) groups is 1. The van der Waals surface area contributed by atoms with Crippen LogP contribution in [0.3, 0.4) is 0 Å². The van der Waals surface area contributed by atoms with Crippen LogP contribution in [0.5, 0.6) is 0 Å². The maximum absolute atomic E-state index is 15.3. The van der Waals surface area contributed by atoms with Gasteiger partial charge in [0, 0.05) is 50.0 Å². The first kappa shape index (κ1) is 16.7. The van der Waals surface area contributed by atoms with Gasteiger partial charge in [0.2, 0.25) is 5.43 Å². The van der Waals surface area contributed by atoms with Crippen LogP contribution in [0.25, 0.3) is 10.9 Å². The number of aryl methyl sites for hydroxylation is 1. The monoisotopic (exact) mass is 371 g/mol. The maximum atomic E-state index is 15.3. The van der Waals surface area contributed by atoms with Crippen LogP contribution >= 0.6 is 0 Å². The number of aromatic carboxylic acids is 1. The number of hydrogen-bond acceptors (Lipinski definition) is 4. The zero-order chi connectivity index (χ0) is 18.9. The van der Waals surface area contributed by atoms with Crippen LogP contribution in [0.4, 0.5) is 10.1 Å². The molecule has 3 heterocycles. The smallest absolute Gasteiger partial charge is 0.341 e. The topological polar surface area (TPSA) is 65.8 Å². The third-order valence-corrected chi connectivity index (χ3v) is 6.30. The number of carboxylic acid groups (broad SMARTS) is 1. The minimum atomic E-state index is -1.26. The Labute approximate surface area is 155 Å². The van der Waals surface area contributed by atoms with Crippen molar-refractivity contribution in [2.24, 2.45) is 0 Å². The Kier molecular flexibility index (Phi) is 3.59. The van der Waals surface area contributed by atoms with Gasteiger partial charge >= 0.3 is 5.97 Å². The molecule has 1 aliphatic carbocycles. The van der Waals surface area contributed by atoms with Crippen molar-refractivity contribution in [2.45, 2.75) is 38.3 Å². The fraction of sp³-hybridized carbons (Fsp3) is 0.500. The number of halogens is 1. The highest BCUT2D eigenvalue weighted by Crippen LogP contribution is 2.40. The highest BCUT2D eigenvalue weighted by atomic mass is 19.1. The molecule has 0 spiro atoms. The summed E-state index contributed by atoms with van der Waals surface area (Å²) >= 11 is 0. The number of rotatable bonds is 3. The standard InChI is InChI=1S/C20H22FN3O3/c1-11-17-15(24(12-2-3-12)10-14(19(17)25)20(26)27)8-16(18(11)21)23-7-6-22-5-4-13(23)9-22/h8,10,12-13H,2-7,9H2,1H3,(H,26,27). The zero-order valence-corrected chi connectivity index (χ0v) is 15.2. The van der Waals surface area contributed by atoms with Crippen LogP contribution in [0.1, 0.15) is 41.2 Å². The molecule has 2 bridgehead atoms. The van der Waals surface area contributed by atoms with Crippen LogP contribution in [0.15, 0.2) is 17.1 Å². The number of hydrogen-bond donors (Lipinski definition) is 1. The van der Waals surface area contributed by atoms with E-state index in [0.29, 0.717) is 17.2 Å². The second-order valence-electron chi connectivity index (χ2n) is 7.98. The average molecular weight is 371 g/mol. The quantitative estimate of drug-likeness (QED) is 0.897. The van der Waals surface area contributed by atoms with Crippen LogP contribution in [-0.4, -0.2) is 52.8 Å². The van der Waals surface area contributed by atoms with Crippen LogP contribution in [0, 0.1) is 12.7 Å². The highest BCUT2D eigenvalue weighted by molar-refractivity contribution is 5.95. The molecular formula is C20H22FN3O3. The lowest BCUT2D eigenvalue weighted by Gasteiger charge is -2.36. The summed E-state index contributed by atoms with van der Waals surface area (Å²) in [6.07, 6.45) is 4.36. The van der Waals surface area contributed by atoms with Crippen molar-refractivity contribution in [1.29, 1.82) is 0 Å². The van der Waals surface area contributed by atoms with E-state index in [4.69, 9.17) is 0 Å². The molecule has 3 fully saturated rings. The van der Waals surface area contributed by atoms with Crippen LogP contribution in [0.2, 0.25) is 0 Å². The molecular weight excluding hydrogens is 349 g/mol. The van der Waals surface area contributed by atoms with Crippen molar-refractivity contribution in [2.75, 3.05) is 31.1 Å². The molecule has 2 aromatic rings. The minimum Gasteiger partial charge on any atom is -0.477 e. The summed E-state index contributed by atoms with van der Waals surface area (Å²) in [4.78, 5) is 28.8. The summed E-state index contributed by atoms with van der Waals surface area (Å²) in [7, 11) is 0. The predicted molar refractivity (Wildman–Crippen MR) is 100 cm³/mol. The summed E-state index contributed by atoms with van der Waals surface area (Å²) in [5, 5.41) is 9.62. The number of piperazine rings is 1. The number of anilines is 1. The molecule has 27 heavy (non-hydrogen) atoms. The van der Waals surface area contributed by atoms with E-state index in [0.717, 1.165) is 45.4 Å². The number of aromatic nitrogens is 1. The molecule has 0 radical (unpaired) electrons. The van der Waals surface area contributed by atoms with E-state index in [-0.39, 0.29) is 22.6 Å². The Morgan fingerprint density at radius 2 is 1.96 bits per heavy atom. The van der Waals surface area contributed by atoms with Crippen molar-refractivity contribution in [3.8, 4) is 0 Å². The highest BCUT2D eigenvalue weighted by Gasteiger charge is 2.35. The third-order valence-electron chi connectivity index (χ3n) is 6.30. The van der Waals surface area contributed by atoms with E-state index in [1.807, 2.05) is 4.57 Å². The molecule has 3 aliphatic rings. The summed E-state index contributed by atoms with van der Waals surface area (Å²) in [6, 6.07) is 2.26. The van der Waals surface area contributed by atoms with Gasteiger partial charge in [-0.2, -0.15) is 0 Å². The molecule has 2 aliphatic heterocycles. The normalized spacial score (nSPS) is 24.6. The molecule has 1 aromatic carbocycles. The number of fused-ring (bicyclic) bond motifs is 3. The summed E-state index contributed by atoms with van der Waals surface area (Å²) in [5.41, 5.74) is 0.577. The molecule has 6 nitrogen and oxygen atoms in total. The van der Waals surface area contributed by atoms with Gasteiger partial charge in [0.25, 0.3) is 0 Å². The van der Waals surface area contributed by atoms with E-state index in [9.17, 15) is 14.7 Å². The van der Waals surface area contributed by atoms with E-state index in [1.54, 1.807) is 13.0 Å². The largest absolute Gasteiger partial charge is 0.477 e. The first-order chi connectivity index (χ1) is 13.0. The molecule has 2 atom stereocenters. The minimum absolute atomic E-state index is 0.187. The Morgan fingerprint density at radius 1 is 1.19 bits per heavy atom. The summed E-state index contributed by atoms with van der Waals surface area (Å²) in [5.74, 6) is -1.66. The number of nitrogens with zero attached hydrogens (tertiary/aromatic N) is 3. The van der Waals surface area contributed by atoms with Gasteiger partial charge < -0.3 is 14.6 Å². The van der Waals surface area contributed by atoms with Gasteiger partial charge in [0.1, 0.15) is 11.4 Å². The molecule has 2 saturated heterocycles. The molecule has 5 rings (SSSR count). The van der Waals surface area contributed by atoms with Crippen molar-refractivity contribution in [1.82, 2.24) is 9.47 Å². The van der Waals surface area contributed by atoms with E-state index in [1.165, 1.54) is 6.20 Å². The summed E-state index contributed by atoms with van der Waals surface area (Å²) in [6.45, 7) is 5.28. The Bertz CT molecular complexity index is 1030. The Morgan fingerprint density at radius 3 is 2.67 bits per heavy atom. The first-order valence-electron chi connectivity index (χ1n) is 9.56. The second-order valence-corrected chi connectivity index (χ2v) is 7.98. The van der Waals surface area contributed by atoms with E-state index in [2.05, 4.69) is 9.80 Å². The Balaban J connectivity index is 1.76. The van der Waals surface area contributed by atoms with Gasteiger partial charge in [0.15, 0.2) is 0 Å². The van der Waals surface area contributed by atoms with E-state index >= 15 is 4.39 Å². The van der Waals surface area contributed by atoms with Crippen molar-refractivity contribution >= 4 is 22.6 Å². The maximum Gasteiger partial charge on any atom is 0.341 e. The van der Waals surface area contributed by atoms with Crippen molar-refractivity contribution < 1.29 is 14.3 Å². The SMILES string of the molecule is Cc1c(F)c(N2CCN3CCC2C3)cc2c1c(=O)c(C(=O)O)cn2C1CC1. The number of carboxylic acids is 1. The molecule has 0 amide bonds. The van der Waals surface area contributed by atoms with Crippen molar-refractivity contribution in [3.63, 3.8) is 0 Å². The lowest BCUT2D eigenvalue weighted by Crippen LogP contribution is -2.47. The third kappa shape index (κ3) is 2.48. The fourth-order valence-corrected chi connectivity index (χ4v) is 4.69. The van der Waals surface area contributed by atoms with Gasteiger partial charge in [-0.15, -0.1) is 0 Å². The Hall–Kier alpha value is -2.41. The van der Waals surface area contributed by atoms with Gasteiger partial charge in [-0.25, -0.2) is 9.18 Å². The van der Waals surface area contributed by atoms with Gasteiger partial charge in [-0.1, -0.05) is 0 Å². The molecule has 1 saturated carbocycles. The second kappa shape index (κ2) is 5.79. The van der Waals surface area contributed by atoms with Crippen LogP contribution < -0.4 is 10.3 Å². The molecule has 1 aromatic heterocycles. The fourth-order valence-electron chi connectivity index (χ4n) is 4.69. The summed E-state index contributed by atoms with van der Waals surface area (Å²) < 4.78 is 17.2. The predicted octanol–water partition coefficient (Wildman–Crippen LogP) is 2.38.